The zero-order valence-corrected chi connectivity index (χ0v) is 20.7. The highest BCUT2D eigenvalue weighted by atomic mass is 35.5. The van der Waals surface area contributed by atoms with Crippen LogP contribution in [0, 0.1) is 6.92 Å². The smallest absolute Gasteiger partial charge is 0.257 e. The van der Waals surface area contributed by atoms with E-state index in [1.807, 2.05) is 65.0 Å². The van der Waals surface area contributed by atoms with Crippen molar-refractivity contribution in [1.82, 2.24) is 24.9 Å². The zero-order valence-electron chi connectivity index (χ0n) is 19.9. The van der Waals surface area contributed by atoms with E-state index in [0.29, 0.717) is 55.8 Å². The van der Waals surface area contributed by atoms with E-state index in [2.05, 4.69) is 15.3 Å². The zero-order chi connectivity index (χ0) is 24.4. The summed E-state index contributed by atoms with van der Waals surface area (Å²) in [5.74, 6) is 0.373. The van der Waals surface area contributed by atoms with Crippen LogP contribution in [0.4, 0.5) is 0 Å². The summed E-state index contributed by atoms with van der Waals surface area (Å²) in [4.78, 5) is 29.8. The number of piperazine rings is 1. The molecule has 7 nitrogen and oxygen atoms in total. The van der Waals surface area contributed by atoms with Gasteiger partial charge in [-0.1, -0.05) is 48.0 Å². The number of halogens is 1. The van der Waals surface area contributed by atoms with E-state index in [9.17, 15) is 9.59 Å². The van der Waals surface area contributed by atoms with Crippen molar-refractivity contribution in [3.8, 4) is 5.69 Å². The normalized spacial score (nSPS) is 16.3. The SMILES string of the molecule is Cc1ccc(-n2ncc(C(=O)N3CCN(CC(=O)NCc4ccccc4)CC3)c2C2CC2)cc1Cl. The minimum absolute atomic E-state index is 0.00249. The Morgan fingerprint density at radius 3 is 2.49 bits per heavy atom. The quantitative estimate of drug-likeness (QED) is 0.546. The number of hydrogen-bond donors (Lipinski definition) is 1. The molecule has 3 aromatic rings. The van der Waals surface area contributed by atoms with Crippen molar-refractivity contribution < 1.29 is 9.59 Å². The maximum absolute atomic E-state index is 13.5. The number of hydrogen-bond acceptors (Lipinski definition) is 4. The summed E-state index contributed by atoms with van der Waals surface area (Å²) in [5.41, 5.74) is 4.64. The van der Waals surface area contributed by atoms with Crippen LogP contribution in [-0.2, 0) is 11.3 Å². The van der Waals surface area contributed by atoms with E-state index in [-0.39, 0.29) is 11.8 Å². The first kappa shape index (κ1) is 23.6. The van der Waals surface area contributed by atoms with Gasteiger partial charge in [0.2, 0.25) is 5.91 Å². The molecule has 2 heterocycles. The predicted octanol–water partition coefficient (Wildman–Crippen LogP) is 3.79. The summed E-state index contributed by atoms with van der Waals surface area (Å²) in [5, 5.41) is 8.25. The third-order valence-electron chi connectivity index (χ3n) is 6.76. The van der Waals surface area contributed by atoms with Gasteiger partial charge in [-0.05, 0) is 43.0 Å². The van der Waals surface area contributed by atoms with Crippen LogP contribution in [0.5, 0.6) is 0 Å². The Hall–Kier alpha value is -3.16. The number of rotatable bonds is 7. The Balaban J connectivity index is 1.20. The number of aryl methyl sites for hydroxylation is 1. The second kappa shape index (κ2) is 10.2. The molecule has 1 N–H and O–H groups in total. The molecule has 0 spiro atoms. The highest BCUT2D eigenvalue weighted by molar-refractivity contribution is 6.31. The molecule has 0 bridgehead atoms. The van der Waals surface area contributed by atoms with Gasteiger partial charge >= 0.3 is 0 Å². The number of carbonyl (C=O) groups is 2. The lowest BCUT2D eigenvalue weighted by atomic mass is 10.1. The molecule has 2 aliphatic rings. The minimum Gasteiger partial charge on any atom is -0.351 e. The number of nitrogens with one attached hydrogen (secondary N) is 1. The van der Waals surface area contributed by atoms with Crippen LogP contribution >= 0.6 is 11.6 Å². The first-order valence-electron chi connectivity index (χ1n) is 12.2. The fourth-order valence-corrected chi connectivity index (χ4v) is 4.70. The summed E-state index contributed by atoms with van der Waals surface area (Å²) in [7, 11) is 0. The lowest BCUT2D eigenvalue weighted by molar-refractivity contribution is -0.122. The van der Waals surface area contributed by atoms with Crippen LogP contribution in [-0.4, -0.2) is 64.1 Å². The van der Waals surface area contributed by atoms with Crippen molar-refractivity contribution in [1.29, 1.82) is 0 Å². The van der Waals surface area contributed by atoms with Gasteiger partial charge in [0.1, 0.15) is 0 Å². The van der Waals surface area contributed by atoms with Gasteiger partial charge in [-0.25, -0.2) is 4.68 Å². The summed E-state index contributed by atoms with van der Waals surface area (Å²) in [6.45, 7) is 5.37. The monoisotopic (exact) mass is 491 g/mol. The molecule has 182 valence electrons. The second-order valence-electron chi connectivity index (χ2n) is 9.39. The van der Waals surface area contributed by atoms with E-state index in [1.54, 1.807) is 6.20 Å². The molecule has 0 atom stereocenters. The largest absolute Gasteiger partial charge is 0.351 e. The van der Waals surface area contributed by atoms with Gasteiger partial charge in [0.05, 0.1) is 29.7 Å². The van der Waals surface area contributed by atoms with Crippen molar-refractivity contribution in [3.05, 3.63) is 82.1 Å². The maximum Gasteiger partial charge on any atom is 0.257 e. The van der Waals surface area contributed by atoms with Crippen molar-refractivity contribution in [2.24, 2.45) is 0 Å². The van der Waals surface area contributed by atoms with Crippen LogP contribution in [0.1, 0.15) is 45.9 Å². The fraction of sp³-hybridized carbons (Fsp3) is 0.370. The molecular weight excluding hydrogens is 462 g/mol. The van der Waals surface area contributed by atoms with Gasteiger partial charge < -0.3 is 10.2 Å². The standard InChI is InChI=1S/C27H30ClN5O2/c1-19-7-10-22(15-24(19)28)33-26(21-8-9-21)23(17-30-33)27(35)32-13-11-31(12-14-32)18-25(34)29-16-20-5-3-2-4-6-20/h2-7,10,15,17,21H,8-9,11-14,16,18H2,1H3,(H,29,34). The fourth-order valence-electron chi connectivity index (χ4n) is 4.53. The number of nitrogens with zero attached hydrogens (tertiary/aromatic N) is 4. The Morgan fingerprint density at radius 2 is 1.80 bits per heavy atom. The topological polar surface area (TPSA) is 70.5 Å². The predicted molar refractivity (Wildman–Crippen MR) is 136 cm³/mol. The van der Waals surface area contributed by atoms with Gasteiger partial charge in [0, 0.05) is 43.7 Å². The van der Waals surface area contributed by atoms with Crippen molar-refractivity contribution >= 4 is 23.4 Å². The third kappa shape index (κ3) is 5.41. The number of carbonyl (C=O) groups excluding carboxylic acids is 2. The van der Waals surface area contributed by atoms with Crippen LogP contribution in [0.15, 0.2) is 54.7 Å². The van der Waals surface area contributed by atoms with E-state index in [0.717, 1.165) is 35.3 Å². The van der Waals surface area contributed by atoms with E-state index >= 15 is 0 Å². The van der Waals surface area contributed by atoms with Gasteiger partial charge in [0.25, 0.3) is 5.91 Å². The molecule has 2 aromatic carbocycles. The first-order valence-corrected chi connectivity index (χ1v) is 12.5. The lowest BCUT2D eigenvalue weighted by Crippen LogP contribution is -2.51. The highest BCUT2D eigenvalue weighted by Crippen LogP contribution is 2.43. The van der Waals surface area contributed by atoms with E-state index in [1.165, 1.54) is 0 Å². The van der Waals surface area contributed by atoms with E-state index in [4.69, 9.17) is 11.6 Å². The minimum atomic E-state index is 0.00249. The highest BCUT2D eigenvalue weighted by Gasteiger charge is 2.35. The summed E-state index contributed by atoms with van der Waals surface area (Å²) >= 11 is 6.35. The molecule has 1 saturated carbocycles. The van der Waals surface area contributed by atoms with Crippen molar-refractivity contribution in [3.63, 3.8) is 0 Å². The molecule has 1 saturated heterocycles. The Bertz CT molecular complexity index is 1210. The Morgan fingerprint density at radius 1 is 1.06 bits per heavy atom. The molecule has 1 aliphatic carbocycles. The van der Waals surface area contributed by atoms with Crippen molar-refractivity contribution in [2.45, 2.75) is 32.2 Å². The van der Waals surface area contributed by atoms with Crippen LogP contribution < -0.4 is 5.32 Å². The van der Waals surface area contributed by atoms with Crippen molar-refractivity contribution in [2.75, 3.05) is 32.7 Å². The summed E-state index contributed by atoms with van der Waals surface area (Å²) in [6, 6.07) is 15.8. The molecule has 1 aliphatic heterocycles. The molecule has 35 heavy (non-hydrogen) atoms. The van der Waals surface area contributed by atoms with Gasteiger partial charge in [-0.2, -0.15) is 5.10 Å². The van der Waals surface area contributed by atoms with Gasteiger partial charge in [-0.3, -0.25) is 14.5 Å². The maximum atomic E-state index is 13.5. The molecule has 1 aromatic heterocycles. The number of aromatic nitrogens is 2. The molecule has 5 rings (SSSR count). The van der Waals surface area contributed by atoms with Crippen LogP contribution in [0.2, 0.25) is 5.02 Å². The average molecular weight is 492 g/mol. The molecule has 8 heteroatoms. The Labute approximate surface area is 210 Å². The first-order chi connectivity index (χ1) is 17.0. The van der Waals surface area contributed by atoms with Crippen LogP contribution in [0.3, 0.4) is 0 Å². The van der Waals surface area contributed by atoms with Gasteiger partial charge in [-0.15, -0.1) is 0 Å². The average Bonchev–Trinajstić information content (AvgIpc) is 3.63. The number of amides is 2. The molecule has 0 unspecified atom stereocenters. The molecular formula is C27H30ClN5O2. The van der Waals surface area contributed by atoms with Crippen LogP contribution in [0.25, 0.3) is 5.69 Å². The lowest BCUT2D eigenvalue weighted by Gasteiger charge is -2.34. The third-order valence-corrected chi connectivity index (χ3v) is 7.17. The molecule has 2 amide bonds. The number of benzene rings is 2. The molecule has 2 fully saturated rings. The summed E-state index contributed by atoms with van der Waals surface area (Å²) in [6.07, 6.45) is 3.84. The summed E-state index contributed by atoms with van der Waals surface area (Å²) < 4.78 is 1.88. The van der Waals surface area contributed by atoms with E-state index < -0.39 is 0 Å². The Kier molecular flexibility index (Phi) is 6.88. The van der Waals surface area contributed by atoms with Gasteiger partial charge in [0.15, 0.2) is 0 Å². The second-order valence-corrected chi connectivity index (χ2v) is 9.80. The molecule has 0 radical (unpaired) electrons.